The van der Waals surface area contributed by atoms with Gasteiger partial charge in [-0.25, -0.2) is 4.98 Å². The normalized spacial score (nSPS) is 29.4. The van der Waals surface area contributed by atoms with Crippen LogP contribution in [0.1, 0.15) is 56.7 Å². The van der Waals surface area contributed by atoms with E-state index >= 15 is 0 Å². The first-order valence-electron chi connectivity index (χ1n) is 12.7. The Labute approximate surface area is 221 Å². The van der Waals surface area contributed by atoms with Crippen molar-refractivity contribution in [2.24, 2.45) is 0 Å². The van der Waals surface area contributed by atoms with Crippen LogP contribution in [0.4, 0.5) is 22.0 Å². The lowest BCUT2D eigenvalue weighted by molar-refractivity contribution is -0.136. The second kappa shape index (κ2) is 9.90. The molecule has 12 heteroatoms. The number of benzene rings is 2. The van der Waals surface area contributed by atoms with Crippen molar-refractivity contribution in [1.82, 2.24) is 14.9 Å². The van der Waals surface area contributed by atoms with E-state index in [9.17, 15) is 32.2 Å². The molecule has 212 valence electrons. The van der Waals surface area contributed by atoms with Crippen molar-refractivity contribution < 1.29 is 41.6 Å². The summed E-state index contributed by atoms with van der Waals surface area (Å²) < 4.78 is 78.8. The van der Waals surface area contributed by atoms with E-state index in [0.29, 0.717) is 24.8 Å². The van der Waals surface area contributed by atoms with Gasteiger partial charge >= 0.3 is 12.8 Å². The number of alkyl halides is 5. The van der Waals surface area contributed by atoms with E-state index in [4.69, 9.17) is 4.74 Å². The Morgan fingerprint density at radius 3 is 2.38 bits per heavy atom. The maximum Gasteiger partial charge on any atom is 0.418 e. The van der Waals surface area contributed by atoms with Gasteiger partial charge < -0.3 is 29.6 Å². The molecule has 0 amide bonds. The van der Waals surface area contributed by atoms with Crippen molar-refractivity contribution >= 4 is 11.0 Å². The first-order valence-corrected chi connectivity index (χ1v) is 12.7. The number of rotatable bonds is 7. The lowest BCUT2D eigenvalue weighted by Gasteiger charge is -2.42. The molecule has 5 rings (SSSR count). The lowest BCUT2D eigenvalue weighted by Crippen LogP contribution is -2.53. The van der Waals surface area contributed by atoms with Crippen LogP contribution in [0.5, 0.6) is 11.5 Å². The molecule has 2 aromatic carbocycles. The summed E-state index contributed by atoms with van der Waals surface area (Å²) in [5.74, 6) is -0.0297. The van der Waals surface area contributed by atoms with E-state index < -0.39 is 35.6 Å². The highest BCUT2D eigenvalue weighted by molar-refractivity contribution is 5.82. The minimum Gasteiger partial charge on any atom is -0.492 e. The molecule has 3 N–H and O–H groups in total. The van der Waals surface area contributed by atoms with Crippen LogP contribution in [0.25, 0.3) is 11.0 Å². The van der Waals surface area contributed by atoms with E-state index in [1.54, 1.807) is 6.92 Å². The number of nitrogens with zero attached hydrogens (tertiary/aromatic N) is 2. The first kappa shape index (κ1) is 27.6. The Hall–Kier alpha value is -2.96. The molecule has 1 aromatic heterocycles. The monoisotopic (exact) mass is 555 g/mol. The van der Waals surface area contributed by atoms with Gasteiger partial charge in [0.1, 0.15) is 18.1 Å². The summed E-state index contributed by atoms with van der Waals surface area (Å²) in [6.45, 7) is 0.537. The maximum atomic E-state index is 14.1. The summed E-state index contributed by atoms with van der Waals surface area (Å²) in [5.41, 5.74) is -2.47. The molecule has 3 unspecified atom stereocenters. The van der Waals surface area contributed by atoms with Crippen LogP contribution in [-0.2, 0) is 11.8 Å². The molecule has 39 heavy (non-hydrogen) atoms. The Balaban J connectivity index is 1.34. The summed E-state index contributed by atoms with van der Waals surface area (Å²) in [6, 6.07) is 7.33. The van der Waals surface area contributed by atoms with Crippen LogP contribution >= 0.6 is 0 Å². The number of piperidine rings is 1. The summed E-state index contributed by atoms with van der Waals surface area (Å²) in [5, 5.41) is 24.8. The zero-order chi connectivity index (χ0) is 28.2. The molecule has 0 bridgehead atoms. The van der Waals surface area contributed by atoms with Crippen LogP contribution in [0, 0.1) is 0 Å². The van der Waals surface area contributed by atoms with E-state index in [0.717, 1.165) is 6.07 Å². The zero-order valence-corrected chi connectivity index (χ0v) is 21.4. The van der Waals surface area contributed by atoms with Crippen molar-refractivity contribution in [2.45, 2.75) is 81.6 Å². The van der Waals surface area contributed by atoms with Crippen LogP contribution in [-0.4, -0.2) is 50.7 Å². The van der Waals surface area contributed by atoms with E-state index in [1.807, 2.05) is 6.92 Å². The Morgan fingerprint density at radius 2 is 1.77 bits per heavy atom. The van der Waals surface area contributed by atoms with Gasteiger partial charge in [-0.1, -0.05) is 12.1 Å². The molecule has 7 nitrogen and oxygen atoms in total. The van der Waals surface area contributed by atoms with Crippen molar-refractivity contribution in [3.05, 3.63) is 53.9 Å². The second-order valence-electron chi connectivity index (χ2n) is 11.0. The summed E-state index contributed by atoms with van der Waals surface area (Å²) in [6.07, 6.45) is -2.08. The highest BCUT2D eigenvalue weighted by atomic mass is 19.4. The number of hydrogen-bond acceptors (Lipinski definition) is 6. The Bertz CT molecular complexity index is 1320. The molecule has 1 saturated carbocycles. The fourth-order valence-corrected chi connectivity index (χ4v) is 5.88. The molecule has 0 spiro atoms. The Morgan fingerprint density at radius 1 is 1.08 bits per heavy atom. The molecular formula is C27H30F5N3O4. The molecule has 2 fully saturated rings. The summed E-state index contributed by atoms with van der Waals surface area (Å²) in [4.78, 5) is 4.19. The standard InChI is InChI=1S/C27H30F5N3O4/c1-15-9-26(37,16-3-5-19(6-4-16)39-24(28)29)10-17(34-15)13-38-20-7-21(27(30,31)32)23-22(8-20)33-14-35(23)18-11-25(2,36)12-18/h3-8,14-15,17-18,24,34,36-37H,9-13H2,1-2H3. The SMILES string of the molecule is CC1CC(O)(c2ccc(OC(F)F)cc2)CC(COc2cc(C(F)(F)F)c3c(c2)ncn3C2CC(C)(O)C2)N1. The number of hydrogen-bond donors (Lipinski definition) is 3. The van der Waals surface area contributed by atoms with Gasteiger partial charge in [-0.05, 0) is 63.3 Å². The van der Waals surface area contributed by atoms with Gasteiger partial charge in [-0.2, -0.15) is 22.0 Å². The molecule has 3 aromatic rings. The van der Waals surface area contributed by atoms with Crippen LogP contribution < -0.4 is 14.8 Å². The van der Waals surface area contributed by atoms with Gasteiger partial charge in [0, 0.05) is 24.2 Å². The van der Waals surface area contributed by atoms with Crippen molar-refractivity contribution in [1.29, 1.82) is 0 Å². The van der Waals surface area contributed by atoms with Gasteiger partial charge in [0.25, 0.3) is 0 Å². The van der Waals surface area contributed by atoms with Crippen LogP contribution in [0.2, 0.25) is 0 Å². The largest absolute Gasteiger partial charge is 0.492 e. The number of halogens is 5. The van der Waals surface area contributed by atoms with Gasteiger partial charge in [-0.3, -0.25) is 0 Å². The molecule has 2 heterocycles. The van der Waals surface area contributed by atoms with E-state index in [2.05, 4.69) is 15.0 Å². The highest BCUT2D eigenvalue weighted by Crippen LogP contribution is 2.45. The summed E-state index contributed by atoms with van der Waals surface area (Å²) >= 11 is 0. The number of nitrogens with one attached hydrogen (secondary N) is 1. The van der Waals surface area contributed by atoms with Crippen molar-refractivity contribution in [3.8, 4) is 11.5 Å². The molecule has 1 saturated heterocycles. The minimum atomic E-state index is -4.65. The lowest BCUT2D eigenvalue weighted by atomic mass is 9.77. The third-order valence-corrected chi connectivity index (χ3v) is 7.51. The quantitative estimate of drug-likeness (QED) is 0.350. The maximum absolute atomic E-state index is 14.1. The fourth-order valence-electron chi connectivity index (χ4n) is 5.88. The third kappa shape index (κ3) is 5.82. The third-order valence-electron chi connectivity index (χ3n) is 7.51. The molecule has 2 aliphatic rings. The van der Waals surface area contributed by atoms with Crippen molar-refractivity contribution in [2.75, 3.05) is 6.61 Å². The molecule has 0 radical (unpaired) electrons. The number of ether oxygens (including phenoxy) is 2. The number of aromatic nitrogens is 2. The topological polar surface area (TPSA) is 88.8 Å². The average molecular weight is 556 g/mol. The first-order chi connectivity index (χ1) is 18.2. The molecule has 1 aliphatic carbocycles. The smallest absolute Gasteiger partial charge is 0.418 e. The zero-order valence-electron chi connectivity index (χ0n) is 21.4. The van der Waals surface area contributed by atoms with E-state index in [1.165, 1.54) is 41.2 Å². The van der Waals surface area contributed by atoms with Gasteiger partial charge in [0.2, 0.25) is 0 Å². The van der Waals surface area contributed by atoms with Crippen LogP contribution in [0.15, 0.2) is 42.7 Å². The van der Waals surface area contributed by atoms with Crippen molar-refractivity contribution in [3.63, 3.8) is 0 Å². The fraction of sp³-hybridized carbons (Fsp3) is 0.519. The average Bonchev–Trinajstić information content (AvgIpc) is 3.23. The molecule has 3 atom stereocenters. The van der Waals surface area contributed by atoms with E-state index in [-0.39, 0.29) is 47.6 Å². The van der Waals surface area contributed by atoms with Crippen LogP contribution in [0.3, 0.4) is 0 Å². The molecular weight excluding hydrogens is 525 g/mol. The Kier molecular flexibility index (Phi) is 7.01. The number of fused-ring (bicyclic) bond motifs is 1. The second-order valence-corrected chi connectivity index (χ2v) is 11.0. The van der Waals surface area contributed by atoms with Gasteiger partial charge in [-0.15, -0.1) is 0 Å². The predicted octanol–water partition coefficient (Wildman–Crippen LogP) is 5.15. The van der Waals surface area contributed by atoms with Gasteiger partial charge in [0.15, 0.2) is 0 Å². The molecule has 1 aliphatic heterocycles. The number of imidazole rings is 1. The number of aliphatic hydroxyl groups is 2. The van der Waals surface area contributed by atoms with Gasteiger partial charge in [0.05, 0.1) is 34.1 Å². The minimum absolute atomic E-state index is 0.00209. The summed E-state index contributed by atoms with van der Waals surface area (Å²) in [7, 11) is 0. The predicted molar refractivity (Wildman–Crippen MR) is 132 cm³/mol. The highest BCUT2D eigenvalue weighted by Gasteiger charge is 2.43.